The molecule has 0 bridgehead atoms. The van der Waals surface area contributed by atoms with Crippen molar-refractivity contribution in [1.29, 1.82) is 0 Å². The topological polar surface area (TPSA) is 17.1 Å². The Morgan fingerprint density at radius 2 is 1.72 bits per heavy atom. The fourth-order valence-corrected chi connectivity index (χ4v) is 2.74. The number of benzene rings is 2. The van der Waals surface area contributed by atoms with Crippen LogP contribution in [0.15, 0.2) is 45.3 Å². The Balaban J connectivity index is 2.49. The number of halogens is 2. The van der Waals surface area contributed by atoms with Crippen molar-refractivity contribution in [3.63, 3.8) is 0 Å². The van der Waals surface area contributed by atoms with Crippen molar-refractivity contribution in [2.24, 2.45) is 0 Å². The number of ketones is 1. The maximum atomic E-state index is 12.4. The van der Waals surface area contributed by atoms with E-state index in [4.69, 9.17) is 0 Å². The minimum Gasteiger partial charge on any atom is -0.289 e. The molecule has 0 aliphatic heterocycles. The van der Waals surface area contributed by atoms with Crippen LogP contribution in [0.4, 0.5) is 0 Å². The second kappa shape index (κ2) is 5.37. The van der Waals surface area contributed by atoms with Crippen LogP contribution in [0.5, 0.6) is 0 Å². The van der Waals surface area contributed by atoms with Crippen molar-refractivity contribution in [2.75, 3.05) is 0 Å². The largest absolute Gasteiger partial charge is 0.289 e. The molecule has 3 heteroatoms. The van der Waals surface area contributed by atoms with Crippen molar-refractivity contribution in [3.05, 3.63) is 67.6 Å². The van der Waals surface area contributed by atoms with Gasteiger partial charge in [0.1, 0.15) is 0 Å². The van der Waals surface area contributed by atoms with E-state index in [2.05, 4.69) is 31.9 Å². The first kappa shape index (κ1) is 13.5. The first-order valence-electron chi connectivity index (χ1n) is 5.56. The van der Waals surface area contributed by atoms with Gasteiger partial charge in [-0.3, -0.25) is 4.79 Å². The molecule has 0 aromatic heterocycles. The minimum absolute atomic E-state index is 0.0336. The summed E-state index contributed by atoms with van der Waals surface area (Å²) in [7, 11) is 0. The van der Waals surface area contributed by atoms with Crippen LogP contribution < -0.4 is 0 Å². The zero-order chi connectivity index (χ0) is 13.3. The third-order valence-corrected chi connectivity index (χ3v) is 4.28. The second-order valence-corrected chi connectivity index (χ2v) is 5.99. The number of rotatable bonds is 2. The Hall–Kier alpha value is -0.930. The molecule has 0 aliphatic carbocycles. The lowest BCUT2D eigenvalue weighted by molar-refractivity contribution is 0.103. The summed E-state index contributed by atoms with van der Waals surface area (Å²) in [6, 6.07) is 11.5. The Bertz CT molecular complexity index is 618. The van der Waals surface area contributed by atoms with Gasteiger partial charge in [0.25, 0.3) is 0 Å². The van der Waals surface area contributed by atoms with Gasteiger partial charge in [0, 0.05) is 20.1 Å². The van der Waals surface area contributed by atoms with E-state index < -0.39 is 0 Å². The van der Waals surface area contributed by atoms with Crippen molar-refractivity contribution in [3.8, 4) is 0 Å². The maximum Gasteiger partial charge on any atom is 0.194 e. The van der Waals surface area contributed by atoms with E-state index >= 15 is 0 Å². The highest BCUT2D eigenvalue weighted by molar-refractivity contribution is 9.11. The van der Waals surface area contributed by atoms with E-state index in [1.165, 1.54) is 0 Å². The molecule has 0 fully saturated rings. The molecule has 0 unspecified atom stereocenters. The molecular weight excluding hydrogens is 356 g/mol. The number of hydrogen-bond donors (Lipinski definition) is 0. The van der Waals surface area contributed by atoms with Crippen molar-refractivity contribution >= 4 is 37.6 Å². The molecular formula is C15H12Br2O. The van der Waals surface area contributed by atoms with Gasteiger partial charge in [0.15, 0.2) is 5.78 Å². The van der Waals surface area contributed by atoms with Crippen LogP contribution in [0.25, 0.3) is 0 Å². The maximum absolute atomic E-state index is 12.4. The van der Waals surface area contributed by atoms with E-state index in [0.29, 0.717) is 11.1 Å². The molecule has 0 saturated heterocycles. The van der Waals surface area contributed by atoms with Gasteiger partial charge in [-0.25, -0.2) is 0 Å². The standard InChI is InChI=1S/C15H12Br2O/c1-9-4-3-5-11(6-9)15(18)12-8-13(16)10(2)7-14(12)17/h3-8H,1-2H3. The van der Waals surface area contributed by atoms with Crippen LogP contribution in [0.2, 0.25) is 0 Å². The van der Waals surface area contributed by atoms with Crippen LogP contribution >= 0.6 is 31.9 Å². The van der Waals surface area contributed by atoms with E-state index in [1.807, 2.05) is 50.2 Å². The molecule has 1 nitrogen and oxygen atoms in total. The van der Waals surface area contributed by atoms with Crippen LogP contribution in [-0.2, 0) is 0 Å². The fourth-order valence-electron chi connectivity index (χ4n) is 1.76. The first-order valence-corrected chi connectivity index (χ1v) is 7.14. The van der Waals surface area contributed by atoms with E-state index in [0.717, 1.165) is 20.1 Å². The Morgan fingerprint density at radius 1 is 1.00 bits per heavy atom. The van der Waals surface area contributed by atoms with Crippen LogP contribution in [0.1, 0.15) is 27.0 Å². The van der Waals surface area contributed by atoms with E-state index in [-0.39, 0.29) is 5.78 Å². The van der Waals surface area contributed by atoms with Gasteiger partial charge in [0.05, 0.1) is 0 Å². The van der Waals surface area contributed by atoms with Gasteiger partial charge in [-0.05, 0) is 37.6 Å². The quantitative estimate of drug-likeness (QED) is 0.678. The number of carbonyl (C=O) groups excluding carboxylic acids is 1. The summed E-state index contributed by atoms with van der Waals surface area (Å²) in [6.07, 6.45) is 0. The molecule has 2 aromatic rings. The van der Waals surface area contributed by atoms with Gasteiger partial charge in [-0.2, -0.15) is 0 Å². The summed E-state index contributed by atoms with van der Waals surface area (Å²) in [6.45, 7) is 3.98. The molecule has 0 aliphatic rings. The first-order chi connectivity index (χ1) is 8.49. The van der Waals surface area contributed by atoms with Gasteiger partial charge in [0.2, 0.25) is 0 Å². The molecule has 0 saturated carbocycles. The third-order valence-electron chi connectivity index (χ3n) is 2.77. The lowest BCUT2D eigenvalue weighted by Crippen LogP contribution is -2.03. The van der Waals surface area contributed by atoms with Crippen LogP contribution in [0, 0.1) is 13.8 Å². The van der Waals surface area contributed by atoms with Gasteiger partial charge < -0.3 is 0 Å². The lowest BCUT2D eigenvalue weighted by atomic mass is 10.0. The SMILES string of the molecule is Cc1cccc(C(=O)c2cc(Br)c(C)cc2Br)c1. The number of aryl methyl sites for hydroxylation is 2. The average molecular weight is 368 g/mol. The van der Waals surface area contributed by atoms with Crippen molar-refractivity contribution in [2.45, 2.75) is 13.8 Å². The molecule has 0 heterocycles. The van der Waals surface area contributed by atoms with E-state index in [1.54, 1.807) is 0 Å². The summed E-state index contributed by atoms with van der Waals surface area (Å²) in [5.74, 6) is 0.0336. The normalized spacial score (nSPS) is 10.4. The molecule has 0 radical (unpaired) electrons. The molecule has 2 rings (SSSR count). The van der Waals surface area contributed by atoms with E-state index in [9.17, 15) is 4.79 Å². The predicted octanol–water partition coefficient (Wildman–Crippen LogP) is 5.06. The van der Waals surface area contributed by atoms with Crippen molar-refractivity contribution in [1.82, 2.24) is 0 Å². The Morgan fingerprint density at radius 3 is 2.39 bits per heavy atom. The Labute approximate surface area is 123 Å². The highest BCUT2D eigenvalue weighted by Crippen LogP contribution is 2.27. The minimum atomic E-state index is 0.0336. The van der Waals surface area contributed by atoms with Gasteiger partial charge in [-0.15, -0.1) is 0 Å². The summed E-state index contributed by atoms with van der Waals surface area (Å²) in [5, 5.41) is 0. The number of hydrogen-bond acceptors (Lipinski definition) is 1. The monoisotopic (exact) mass is 366 g/mol. The molecule has 0 atom stereocenters. The molecule has 2 aromatic carbocycles. The molecule has 92 valence electrons. The van der Waals surface area contributed by atoms with Gasteiger partial charge >= 0.3 is 0 Å². The Kier molecular flexibility index (Phi) is 4.03. The summed E-state index contributed by atoms with van der Waals surface area (Å²) >= 11 is 6.92. The fraction of sp³-hybridized carbons (Fsp3) is 0.133. The predicted molar refractivity (Wildman–Crippen MR) is 81.2 cm³/mol. The molecule has 0 amide bonds. The second-order valence-electron chi connectivity index (χ2n) is 4.28. The van der Waals surface area contributed by atoms with Crippen LogP contribution in [0.3, 0.4) is 0 Å². The number of carbonyl (C=O) groups is 1. The highest BCUT2D eigenvalue weighted by atomic mass is 79.9. The molecule has 0 spiro atoms. The zero-order valence-electron chi connectivity index (χ0n) is 10.1. The lowest BCUT2D eigenvalue weighted by Gasteiger charge is -2.07. The summed E-state index contributed by atoms with van der Waals surface area (Å²) in [5.41, 5.74) is 3.58. The van der Waals surface area contributed by atoms with Crippen LogP contribution in [-0.4, -0.2) is 5.78 Å². The molecule has 18 heavy (non-hydrogen) atoms. The average Bonchev–Trinajstić information content (AvgIpc) is 2.33. The summed E-state index contributed by atoms with van der Waals surface area (Å²) < 4.78 is 1.77. The van der Waals surface area contributed by atoms with Crippen molar-refractivity contribution < 1.29 is 4.79 Å². The smallest absolute Gasteiger partial charge is 0.194 e. The summed E-state index contributed by atoms with van der Waals surface area (Å²) in [4.78, 5) is 12.4. The van der Waals surface area contributed by atoms with Gasteiger partial charge in [-0.1, -0.05) is 55.6 Å². The zero-order valence-corrected chi connectivity index (χ0v) is 13.3. The highest BCUT2D eigenvalue weighted by Gasteiger charge is 2.14. The molecule has 0 N–H and O–H groups in total. The third kappa shape index (κ3) is 2.73.